The van der Waals surface area contributed by atoms with Crippen LogP contribution in [0.2, 0.25) is 0 Å². The van der Waals surface area contributed by atoms with E-state index >= 15 is 4.39 Å². The maximum absolute atomic E-state index is 15.2. The van der Waals surface area contributed by atoms with Crippen molar-refractivity contribution in [3.63, 3.8) is 0 Å². The molecule has 1 aromatic heterocycles. The Balaban J connectivity index is 1.79. The van der Waals surface area contributed by atoms with Gasteiger partial charge in [-0.2, -0.15) is 18.4 Å². The number of nitriles is 1. The van der Waals surface area contributed by atoms with Gasteiger partial charge in [-0.1, -0.05) is 0 Å². The van der Waals surface area contributed by atoms with Crippen molar-refractivity contribution in [3.05, 3.63) is 47.5 Å². The Morgan fingerprint density at radius 3 is 2.53 bits per heavy atom. The number of anilines is 2. The molecule has 1 amide bonds. The number of alkyl halides is 3. The molecule has 12 heteroatoms. The van der Waals surface area contributed by atoms with E-state index in [0.29, 0.717) is 13.0 Å². The molecule has 2 heterocycles. The fraction of sp³-hybridized carbons (Fsp3) is 0.364. The SMILES string of the molecule is COCCOc1ccc(N2C(=S)N(c3ccnc(C#N)c3C(F)(F)F)C(=O)C23CCC3)c(F)c1. The first kappa shape index (κ1) is 23.8. The average Bonchev–Trinajstić information content (AvgIpc) is 2.99. The molecule has 1 aliphatic carbocycles. The van der Waals surface area contributed by atoms with Gasteiger partial charge in [-0.25, -0.2) is 9.37 Å². The molecule has 0 radical (unpaired) electrons. The van der Waals surface area contributed by atoms with Crippen LogP contribution in [-0.2, 0) is 15.7 Å². The first-order chi connectivity index (χ1) is 16.2. The Morgan fingerprint density at radius 2 is 1.97 bits per heavy atom. The monoisotopic (exact) mass is 494 g/mol. The number of benzene rings is 1. The van der Waals surface area contributed by atoms with Crippen LogP contribution in [0.4, 0.5) is 28.9 Å². The first-order valence-corrected chi connectivity index (χ1v) is 10.6. The number of nitrogens with zero attached hydrogens (tertiary/aromatic N) is 4. The van der Waals surface area contributed by atoms with Crippen LogP contribution < -0.4 is 14.5 Å². The number of thiocarbonyl (C=S) groups is 1. The Bertz CT molecular complexity index is 1190. The van der Waals surface area contributed by atoms with E-state index in [4.69, 9.17) is 21.7 Å². The van der Waals surface area contributed by atoms with E-state index in [2.05, 4.69) is 4.98 Å². The number of ether oxygens (including phenoxy) is 2. The Morgan fingerprint density at radius 1 is 1.24 bits per heavy atom. The minimum atomic E-state index is -4.98. The van der Waals surface area contributed by atoms with E-state index in [1.807, 2.05) is 0 Å². The third kappa shape index (κ3) is 3.74. The fourth-order valence-electron chi connectivity index (χ4n) is 4.17. The van der Waals surface area contributed by atoms with E-state index in [9.17, 15) is 23.2 Å². The van der Waals surface area contributed by atoms with Gasteiger partial charge >= 0.3 is 6.18 Å². The van der Waals surface area contributed by atoms with E-state index in [1.165, 1.54) is 30.2 Å². The molecule has 0 unspecified atom stereocenters. The standard InChI is InChI=1S/C22H18F4N4O3S/c1-32-9-10-33-13-3-4-16(14(23)11-13)30-20(34)29(19(31)21(30)6-2-7-21)17-5-8-28-15(12-27)18(17)22(24,25)26/h3-5,8,11H,2,6-7,9-10H2,1H3. The van der Waals surface area contributed by atoms with Crippen LogP contribution in [0.5, 0.6) is 5.75 Å². The number of methoxy groups -OCH3 is 1. The summed E-state index contributed by atoms with van der Waals surface area (Å²) in [6.07, 6.45) is -2.79. The van der Waals surface area contributed by atoms with E-state index in [-0.39, 0.29) is 36.0 Å². The maximum atomic E-state index is 15.2. The number of aromatic nitrogens is 1. The Hall–Kier alpha value is -3.30. The molecule has 34 heavy (non-hydrogen) atoms. The van der Waals surface area contributed by atoms with Crippen LogP contribution in [0.15, 0.2) is 30.5 Å². The largest absolute Gasteiger partial charge is 0.491 e. The van der Waals surface area contributed by atoms with Crippen LogP contribution in [0.3, 0.4) is 0 Å². The maximum Gasteiger partial charge on any atom is 0.421 e. The predicted molar refractivity (Wildman–Crippen MR) is 117 cm³/mol. The van der Waals surface area contributed by atoms with Crippen molar-refractivity contribution in [2.75, 3.05) is 30.1 Å². The average molecular weight is 494 g/mol. The molecule has 0 atom stereocenters. The van der Waals surface area contributed by atoms with Crippen LogP contribution in [0.1, 0.15) is 30.5 Å². The van der Waals surface area contributed by atoms with Crippen molar-refractivity contribution in [1.82, 2.24) is 4.98 Å². The fourth-order valence-corrected chi connectivity index (χ4v) is 4.63. The van der Waals surface area contributed by atoms with Gasteiger partial charge in [0.15, 0.2) is 16.6 Å². The van der Waals surface area contributed by atoms with Crippen LogP contribution in [0, 0.1) is 17.1 Å². The molecule has 1 aromatic carbocycles. The molecule has 4 rings (SSSR count). The van der Waals surface area contributed by atoms with Crippen LogP contribution >= 0.6 is 12.2 Å². The Kier molecular flexibility index (Phi) is 6.18. The molecule has 1 aliphatic heterocycles. The lowest BCUT2D eigenvalue weighted by atomic mass is 9.75. The van der Waals surface area contributed by atoms with Gasteiger partial charge in [0.05, 0.1) is 18.0 Å². The molecular weight excluding hydrogens is 476 g/mol. The molecule has 7 nitrogen and oxygen atoms in total. The summed E-state index contributed by atoms with van der Waals surface area (Å²) >= 11 is 5.44. The van der Waals surface area contributed by atoms with Gasteiger partial charge in [0, 0.05) is 19.4 Å². The van der Waals surface area contributed by atoms with Gasteiger partial charge < -0.3 is 14.4 Å². The highest BCUT2D eigenvalue weighted by Gasteiger charge is 2.61. The van der Waals surface area contributed by atoms with Gasteiger partial charge in [-0.3, -0.25) is 9.69 Å². The number of hydrogen-bond donors (Lipinski definition) is 0. The number of hydrogen-bond acceptors (Lipinski definition) is 6. The van der Waals surface area contributed by atoms with Gasteiger partial charge in [0.1, 0.15) is 29.5 Å². The number of rotatable bonds is 6. The van der Waals surface area contributed by atoms with Gasteiger partial charge in [-0.15, -0.1) is 0 Å². The number of carbonyl (C=O) groups is 1. The Labute approximate surface area is 197 Å². The highest BCUT2D eigenvalue weighted by Crippen LogP contribution is 2.50. The van der Waals surface area contributed by atoms with Gasteiger partial charge in [0.25, 0.3) is 5.91 Å². The zero-order valence-electron chi connectivity index (χ0n) is 17.9. The zero-order chi connectivity index (χ0) is 24.7. The van der Waals surface area contributed by atoms with Crippen molar-refractivity contribution in [3.8, 4) is 11.8 Å². The molecule has 1 spiro atoms. The molecule has 0 bridgehead atoms. The summed E-state index contributed by atoms with van der Waals surface area (Å²) in [7, 11) is 1.49. The van der Waals surface area contributed by atoms with Crippen molar-refractivity contribution in [1.29, 1.82) is 5.26 Å². The molecule has 2 fully saturated rings. The summed E-state index contributed by atoms with van der Waals surface area (Å²) in [5.41, 5.74) is -4.22. The quantitative estimate of drug-likeness (QED) is 0.338. The van der Waals surface area contributed by atoms with Crippen molar-refractivity contribution in [2.45, 2.75) is 31.0 Å². The smallest absolute Gasteiger partial charge is 0.421 e. The van der Waals surface area contributed by atoms with Crippen LogP contribution in [-0.4, -0.2) is 41.9 Å². The topological polar surface area (TPSA) is 78.7 Å². The number of amides is 1. The van der Waals surface area contributed by atoms with Gasteiger partial charge in [-0.05, 0) is 49.7 Å². The van der Waals surface area contributed by atoms with Crippen molar-refractivity contribution in [2.24, 2.45) is 0 Å². The minimum absolute atomic E-state index is 0.0530. The second kappa shape index (κ2) is 8.81. The van der Waals surface area contributed by atoms with E-state index in [1.54, 1.807) is 0 Å². The third-order valence-electron chi connectivity index (χ3n) is 5.87. The summed E-state index contributed by atoms with van der Waals surface area (Å²) in [6.45, 7) is 0.488. The van der Waals surface area contributed by atoms with Crippen molar-refractivity contribution >= 4 is 34.6 Å². The molecule has 2 aromatic rings. The molecule has 2 aliphatic rings. The van der Waals surface area contributed by atoms with E-state index < -0.39 is 40.4 Å². The third-order valence-corrected chi connectivity index (χ3v) is 6.23. The van der Waals surface area contributed by atoms with E-state index in [0.717, 1.165) is 23.2 Å². The summed E-state index contributed by atoms with van der Waals surface area (Å²) in [5.74, 6) is -1.23. The number of carbonyl (C=O) groups excluding carboxylic acids is 1. The number of halogens is 4. The second-order valence-electron chi connectivity index (χ2n) is 7.76. The second-order valence-corrected chi connectivity index (χ2v) is 8.13. The highest BCUT2D eigenvalue weighted by molar-refractivity contribution is 7.81. The number of pyridine rings is 1. The minimum Gasteiger partial charge on any atom is -0.491 e. The lowest BCUT2D eigenvalue weighted by Gasteiger charge is -2.43. The molecular formula is C22H18F4N4O3S. The summed E-state index contributed by atoms with van der Waals surface area (Å²) in [4.78, 5) is 19.0. The zero-order valence-corrected chi connectivity index (χ0v) is 18.7. The first-order valence-electron chi connectivity index (χ1n) is 10.2. The lowest BCUT2D eigenvalue weighted by molar-refractivity contribution is -0.137. The molecule has 1 saturated carbocycles. The summed E-state index contributed by atoms with van der Waals surface area (Å²) < 4.78 is 67.1. The molecule has 0 N–H and O–H groups in total. The van der Waals surface area contributed by atoms with Gasteiger partial charge in [0.2, 0.25) is 0 Å². The molecule has 178 valence electrons. The molecule has 1 saturated heterocycles. The highest BCUT2D eigenvalue weighted by atomic mass is 32.1. The summed E-state index contributed by atoms with van der Waals surface area (Å²) in [5, 5.41) is 8.87. The van der Waals surface area contributed by atoms with Crippen LogP contribution in [0.25, 0.3) is 0 Å². The summed E-state index contributed by atoms with van der Waals surface area (Å²) in [6, 6.07) is 6.37. The van der Waals surface area contributed by atoms with Crippen molar-refractivity contribution < 1.29 is 31.8 Å². The normalized spacial score (nSPS) is 17.2. The lowest BCUT2D eigenvalue weighted by Crippen LogP contribution is -2.55. The predicted octanol–water partition coefficient (Wildman–Crippen LogP) is 4.20.